The summed E-state index contributed by atoms with van der Waals surface area (Å²) >= 11 is 7.33. The second-order valence-electron chi connectivity index (χ2n) is 5.50. The van der Waals surface area contributed by atoms with Gasteiger partial charge in [0.2, 0.25) is 5.91 Å². The Morgan fingerprint density at radius 2 is 2.00 bits per heavy atom. The number of hydrogen-bond donors (Lipinski definition) is 1. The van der Waals surface area contributed by atoms with Crippen molar-refractivity contribution in [3.8, 4) is 0 Å². The lowest BCUT2D eigenvalue weighted by molar-refractivity contribution is -0.128. The van der Waals surface area contributed by atoms with Gasteiger partial charge in [0.1, 0.15) is 0 Å². The van der Waals surface area contributed by atoms with Gasteiger partial charge in [-0.1, -0.05) is 23.7 Å². The third-order valence-electron chi connectivity index (χ3n) is 3.81. The molecule has 0 aliphatic carbocycles. The first-order valence-corrected chi connectivity index (χ1v) is 8.70. The predicted molar refractivity (Wildman–Crippen MR) is 91.6 cm³/mol. The number of nitrogens with one attached hydrogen (secondary N) is 1. The summed E-state index contributed by atoms with van der Waals surface area (Å²) in [5, 5.41) is 2.88. The van der Waals surface area contributed by atoms with Crippen LogP contribution in [0, 0.1) is 0 Å². The first-order valence-electron chi connectivity index (χ1n) is 7.51. The summed E-state index contributed by atoms with van der Waals surface area (Å²) in [5.74, 6) is 0.0970. The summed E-state index contributed by atoms with van der Waals surface area (Å²) in [6, 6.07) is 11.1. The number of hydrogen-bond acceptors (Lipinski definition) is 3. The molecule has 1 fully saturated rings. The van der Waals surface area contributed by atoms with Gasteiger partial charge >= 0.3 is 0 Å². The van der Waals surface area contributed by atoms with Crippen molar-refractivity contribution < 1.29 is 9.59 Å². The second kappa shape index (κ2) is 7.15. The van der Waals surface area contributed by atoms with Gasteiger partial charge in [-0.15, -0.1) is 11.3 Å². The van der Waals surface area contributed by atoms with E-state index < -0.39 is 0 Å². The van der Waals surface area contributed by atoms with Gasteiger partial charge in [-0.2, -0.15) is 0 Å². The Kier molecular flexibility index (Phi) is 4.98. The summed E-state index contributed by atoms with van der Waals surface area (Å²) in [4.78, 5) is 26.6. The molecule has 6 heteroatoms. The van der Waals surface area contributed by atoms with Gasteiger partial charge < -0.3 is 10.2 Å². The summed E-state index contributed by atoms with van der Waals surface area (Å²) in [6.07, 6.45) is 1.58. The number of likely N-dealkylation sites (tertiary alicyclic amines) is 1. The molecule has 0 radical (unpaired) electrons. The molecule has 1 aromatic heterocycles. The van der Waals surface area contributed by atoms with Crippen molar-refractivity contribution in [1.29, 1.82) is 0 Å². The Bertz CT molecular complexity index is 712. The highest BCUT2D eigenvalue weighted by molar-refractivity contribution is 7.16. The summed E-state index contributed by atoms with van der Waals surface area (Å²) in [7, 11) is 0. The molecule has 1 saturated heterocycles. The minimum absolute atomic E-state index is 0.113. The number of halogens is 1. The van der Waals surface area contributed by atoms with Gasteiger partial charge in [0.25, 0.3) is 5.91 Å². The average Bonchev–Trinajstić information content (AvgIpc) is 3.14. The number of nitrogens with zero attached hydrogens (tertiary/aromatic N) is 1. The van der Waals surface area contributed by atoms with Crippen molar-refractivity contribution in [2.45, 2.75) is 25.9 Å². The molecule has 0 spiro atoms. The maximum Gasteiger partial charge on any atom is 0.251 e. The number of carbonyl (C=O) groups excluding carboxylic acids is 2. The molecule has 0 saturated carbocycles. The molecule has 1 aliphatic rings. The first-order chi connectivity index (χ1) is 11.1. The van der Waals surface area contributed by atoms with E-state index in [0.717, 1.165) is 27.7 Å². The van der Waals surface area contributed by atoms with E-state index in [1.807, 2.05) is 29.2 Å². The minimum atomic E-state index is -0.113. The highest BCUT2D eigenvalue weighted by Crippen LogP contribution is 2.21. The fourth-order valence-electron chi connectivity index (χ4n) is 2.57. The largest absolute Gasteiger partial charge is 0.347 e. The van der Waals surface area contributed by atoms with Gasteiger partial charge in [-0.25, -0.2) is 0 Å². The van der Waals surface area contributed by atoms with E-state index in [-0.39, 0.29) is 11.8 Å². The predicted octanol–water partition coefficient (Wildman–Crippen LogP) is 3.45. The van der Waals surface area contributed by atoms with Crippen LogP contribution in [0.3, 0.4) is 0 Å². The Balaban J connectivity index is 1.55. The highest BCUT2D eigenvalue weighted by atomic mass is 35.5. The molecule has 1 aromatic carbocycles. The van der Waals surface area contributed by atoms with E-state index >= 15 is 0 Å². The van der Waals surface area contributed by atoms with Crippen LogP contribution in [0.5, 0.6) is 0 Å². The molecule has 1 N–H and O–H groups in total. The quantitative estimate of drug-likeness (QED) is 0.899. The van der Waals surface area contributed by atoms with Gasteiger partial charge in [0.15, 0.2) is 0 Å². The van der Waals surface area contributed by atoms with Crippen LogP contribution < -0.4 is 5.32 Å². The standard InChI is InChI=1S/C17H17ClN2O2S/c18-15-8-7-14(23-15)10-19-17(22)13-5-3-12(4-6-13)11-20-9-1-2-16(20)21/h3-8H,1-2,9-11H2,(H,19,22). The van der Waals surface area contributed by atoms with Crippen LogP contribution in [0.1, 0.15) is 33.6 Å². The van der Waals surface area contributed by atoms with E-state index in [1.54, 1.807) is 12.1 Å². The number of rotatable bonds is 5. The second-order valence-corrected chi connectivity index (χ2v) is 7.30. The molecule has 0 unspecified atom stereocenters. The summed E-state index contributed by atoms with van der Waals surface area (Å²) in [6.45, 7) is 1.92. The molecule has 23 heavy (non-hydrogen) atoms. The zero-order valence-corrected chi connectivity index (χ0v) is 14.1. The lowest BCUT2D eigenvalue weighted by atomic mass is 10.1. The van der Waals surface area contributed by atoms with E-state index in [1.165, 1.54) is 11.3 Å². The van der Waals surface area contributed by atoms with Gasteiger partial charge in [-0.05, 0) is 36.2 Å². The van der Waals surface area contributed by atoms with Crippen LogP contribution in [-0.2, 0) is 17.9 Å². The van der Waals surface area contributed by atoms with Crippen LogP contribution in [0.2, 0.25) is 4.34 Å². The molecule has 3 rings (SSSR count). The fourth-order valence-corrected chi connectivity index (χ4v) is 3.60. The van der Waals surface area contributed by atoms with Crippen molar-refractivity contribution in [1.82, 2.24) is 10.2 Å². The Labute approximate surface area is 144 Å². The molecule has 2 amide bonds. The van der Waals surface area contributed by atoms with E-state index in [0.29, 0.717) is 25.1 Å². The zero-order chi connectivity index (χ0) is 16.2. The summed E-state index contributed by atoms with van der Waals surface area (Å²) < 4.78 is 0.718. The lowest BCUT2D eigenvalue weighted by Crippen LogP contribution is -2.24. The molecular formula is C17H17ClN2O2S. The van der Waals surface area contributed by atoms with Crippen LogP contribution >= 0.6 is 22.9 Å². The normalized spacial score (nSPS) is 14.3. The number of amides is 2. The van der Waals surface area contributed by atoms with Crippen molar-refractivity contribution in [3.63, 3.8) is 0 Å². The molecule has 1 aliphatic heterocycles. The maximum absolute atomic E-state index is 12.1. The van der Waals surface area contributed by atoms with E-state index in [2.05, 4.69) is 5.32 Å². The van der Waals surface area contributed by atoms with E-state index in [9.17, 15) is 9.59 Å². The third kappa shape index (κ3) is 4.12. The molecule has 0 bridgehead atoms. The van der Waals surface area contributed by atoms with Crippen molar-refractivity contribution >= 4 is 34.8 Å². The first kappa shape index (κ1) is 16.0. The monoisotopic (exact) mass is 348 g/mol. The zero-order valence-electron chi connectivity index (χ0n) is 12.5. The molecular weight excluding hydrogens is 332 g/mol. The molecule has 0 atom stereocenters. The highest BCUT2D eigenvalue weighted by Gasteiger charge is 2.19. The smallest absolute Gasteiger partial charge is 0.251 e. The fraction of sp³-hybridized carbons (Fsp3) is 0.294. The Morgan fingerprint density at radius 3 is 2.61 bits per heavy atom. The van der Waals surface area contributed by atoms with Crippen LogP contribution in [0.25, 0.3) is 0 Å². The van der Waals surface area contributed by atoms with E-state index in [4.69, 9.17) is 11.6 Å². The van der Waals surface area contributed by atoms with Gasteiger partial charge in [0, 0.05) is 30.0 Å². The Morgan fingerprint density at radius 1 is 1.22 bits per heavy atom. The number of carbonyl (C=O) groups is 2. The van der Waals surface area contributed by atoms with Gasteiger partial charge in [0.05, 0.1) is 10.9 Å². The number of thiophene rings is 1. The van der Waals surface area contributed by atoms with Crippen LogP contribution in [0.4, 0.5) is 0 Å². The topological polar surface area (TPSA) is 49.4 Å². The number of benzene rings is 1. The SMILES string of the molecule is O=C(NCc1ccc(Cl)s1)c1ccc(CN2CCCC2=O)cc1. The molecule has 4 nitrogen and oxygen atoms in total. The van der Waals surface area contributed by atoms with Gasteiger partial charge in [-0.3, -0.25) is 9.59 Å². The maximum atomic E-state index is 12.1. The molecule has 120 valence electrons. The van der Waals surface area contributed by atoms with Crippen molar-refractivity contribution in [2.75, 3.05) is 6.54 Å². The Hall–Kier alpha value is -1.85. The molecule has 2 aromatic rings. The van der Waals surface area contributed by atoms with Crippen LogP contribution in [0.15, 0.2) is 36.4 Å². The van der Waals surface area contributed by atoms with Crippen molar-refractivity contribution in [3.05, 3.63) is 56.7 Å². The average molecular weight is 349 g/mol. The molecule has 2 heterocycles. The minimum Gasteiger partial charge on any atom is -0.347 e. The van der Waals surface area contributed by atoms with Crippen molar-refractivity contribution in [2.24, 2.45) is 0 Å². The third-order valence-corrected chi connectivity index (χ3v) is 5.04. The summed E-state index contributed by atoms with van der Waals surface area (Å²) in [5.41, 5.74) is 1.66. The van der Waals surface area contributed by atoms with Crippen LogP contribution in [-0.4, -0.2) is 23.3 Å². The lowest BCUT2D eigenvalue weighted by Gasteiger charge is -2.15.